The van der Waals surface area contributed by atoms with Gasteiger partial charge in [-0.15, -0.1) is 0 Å². The largest absolute Gasteiger partial charge is 0.458 e. The van der Waals surface area contributed by atoms with Gasteiger partial charge in [-0.1, -0.05) is 207 Å². The van der Waals surface area contributed by atoms with E-state index < -0.39 is 0 Å². The zero-order valence-electron chi connectivity index (χ0n) is 36.5. The predicted molar refractivity (Wildman–Crippen MR) is 274 cm³/mol. The first-order valence-electron chi connectivity index (χ1n) is 22.2. The number of fused-ring (bicyclic) bond motifs is 3. The highest BCUT2D eigenvalue weighted by atomic mass is 16.5. The van der Waals surface area contributed by atoms with E-state index in [-0.39, 0.29) is 0 Å². The molecule has 1 aromatic heterocycles. The molecular formula is C61H44N4O. The number of aromatic nitrogens is 3. The number of anilines is 2. The van der Waals surface area contributed by atoms with Gasteiger partial charge in [-0.05, 0) is 73.1 Å². The average molecular weight is 849 g/mol. The molecule has 0 spiro atoms. The lowest BCUT2D eigenvalue weighted by Crippen LogP contribution is -2.12. The second kappa shape index (κ2) is 17.5. The fourth-order valence-corrected chi connectivity index (χ4v) is 9.10. The molecule has 314 valence electrons. The van der Waals surface area contributed by atoms with Crippen molar-refractivity contribution in [3.63, 3.8) is 0 Å². The third-order valence-electron chi connectivity index (χ3n) is 12.4. The molecule has 5 nitrogen and oxygen atoms in total. The summed E-state index contributed by atoms with van der Waals surface area (Å²) in [5, 5.41) is 4.76. The van der Waals surface area contributed by atoms with E-state index >= 15 is 0 Å². The van der Waals surface area contributed by atoms with Gasteiger partial charge >= 0.3 is 0 Å². The van der Waals surface area contributed by atoms with Crippen LogP contribution in [0.4, 0.5) is 11.4 Å². The Bertz CT molecular complexity index is 3430. The van der Waals surface area contributed by atoms with Crippen molar-refractivity contribution in [1.82, 2.24) is 15.0 Å². The van der Waals surface area contributed by atoms with E-state index in [1.165, 1.54) is 32.7 Å². The quantitative estimate of drug-likeness (QED) is 0.152. The average Bonchev–Trinajstić information content (AvgIpc) is 3.46. The van der Waals surface area contributed by atoms with Crippen LogP contribution < -0.4 is 9.64 Å². The van der Waals surface area contributed by atoms with E-state index in [2.05, 4.69) is 170 Å². The van der Waals surface area contributed by atoms with Gasteiger partial charge in [0.05, 0.1) is 5.69 Å². The van der Waals surface area contributed by atoms with Crippen molar-refractivity contribution in [3.8, 4) is 61.9 Å². The number of rotatable bonds is 8. The van der Waals surface area contributed by atoms with Crippen LogP contribution in [0.2, 0.25) is 0 Å². The van der Waals surface area contributed by atoms with Crippen molar-refractivity contribution in [2.75, 3.05) is 11.9 Å². The Morgan fingerprint density at radius 3 is 1.56 bits per heavy atom. The zero-order valence-corrected chi connectivity index (χ0v) is 36.5. The van der Waals surface area contributed by atoms with Gasteiger partial charge in [-0.2, -0.15) is 0 Å². The summed E-state index contributed by atoms with van der Waals surface area (Å²) in [6.45, 7) is 4.29. The summed E-state index contributed by atoms with van der Waals surface area (Å²) in [5.74, 6) is 3.08. The smallest absolute Gasteiger partial charge is 0.164 e. The van der Waals surface area contributed by atoms with Crippen molar-refractivity contribution in [2.24, 2.45) is 0 Å². The minimum absolute atomic E-state index is 0.516. The monoisotopic (exact) mass is 848 g/mol. The molecule has 0 fully saturated rings. The summed E-state index contributed by atoms with van der Waals surface area (Å²) >= 11 is 0. The number of hydrogen-bond acceptors (Lipinski definition) is 5. The molecule has 9 aromatic carbocycles. The summed E-state index contributed by atoms with van der Waals surface area (Å²) in [6, 6.07) is 72.5. The van der Waals surface area contributed by atoms with E-state index in [1.54, 1.807) is 0 Å². The van der Waals surface area contributed by atoms with Crippen LogP contribution in [-0.4, -0.2) is 22.0 Å². The van der Waals surface area contributed by atoms with Crippen LogP contribution >= 0.6 is 0 Å². The van der Waals surface area contributed by atoms with Crippen LogP contribution in [0.25, 0.3) is 83.3 Å². The van der Waals surface area contributed by atoms with Gasteiger partial charge in [0.2, 0.25) is 0 Å². The highest BCUT2D eigenvalue weighted by Crippen LogP contribution is 2.48. The first-order chi connectivity index (χ1) is 32.6. The molecule has 11 rings (SSSR count). The van der Waals surface area contributed by atoms with Crippen LogP contribution in [0.5, 0.6) is 5.75 Å². The van der Waals surface area contributed by atoms with Crippen LogP contribution in [0.3, 0.4) is 0 Å². The molecule has 66 heavy (non-hydrogen) atoms. The molecule has 0 N–H and O–H groups in total. The van der Waals surface area contributed by atoms with Crippen molar-refractivity contribution in [3.05, 3.63) is 248 Å². The number of hydrogen-bond donors (Lipinski definition) is 0. The van der Waals surface area contributed by atoms with Gasteiger partial charge < -0.3 is 9.64 Å². The van der Waals surface area contributed by atoms with Gasteiger partial charge in [0.1, 0.15) is 11.5 Å². The van der Waals surface area contributed by atoms with E-state index in [1.807, 2.05) is 72.8 Å². The van der Waals surface area contributed by atoms with E-state index in [0.29, 0.717) is 35.4 Å². The summed E-state index contributed by atoms with van der Waals surface area (Å²) in [6.07, 6.45) is 6.43. The van der Waals surface area contributed by atoms with E-state index in [4.69, 9.17) is 19.7 Å². The van der Waals surface area contributed by atoms with Crippen LogP contribution in [-0.2, 0) is 6.42 Å². The maximum Gasteiger partial charge on any atom is 0.164 e. The van der Waals surface area contributed by atoms with Crippen LogP contribution in [0.15, 0.2) is 237 Å². The fourth-order valence-electron chi connectivity index (χ4n) is 9.10. The highest BCUT2D eigenvalue weighted by Gasteiger charge is 2.23. The second-order valence-electron chi connectivity index (χ2n) is 16.5. The molecule has 0 amide bonds. The molecule has 1 aliphatic rings. The number of ether oxygens (including phenoxy) is 1. The maximum absolute atomic E-state index is 6.61. The van der Waals surface area contributed by atoms with Gasteiger partial charge in [-0.25, -0.2) is 15.0 Å². The Kier molecular flexibility index (Phi) is 10.6. The molecule has 0 aliphatic carbocycles. The highest BCUT2D eigenvalue weighted by molar-refractivity contribution is 6.16. The Morgan fingerprint density at radius 1 is 0.470 bits per heavy atom. The van der Waals surface area contributed by atoms with Gasteiger partial charge in [0, 0.05) is 47.5 Å². The molecule has 0 saturated carbocycles. The Balaban J connectivity index is 1.06. The van der Waals surface area contributed by atoms with E-state index in [9.17, 15) is 0 Å². The zero-order chi connectivity index (χ0) is 44.4. The minimum Gasteiger partial charge on any atom is -0.458 e. The second-order valence-corrected chi connectivity index (χ2v) is 16.5. The molecule has 2 heterocycles. The lowest BCUT2D eigenvalue weighted by Gasteiger charge is -2.27. The van der Waals surface area contributed by atoms with E-state index in [0.717, 1.165) is 55.9 Å². The lowest BCUT2D eigenvalue weighted by atomic mass is 9.86. The summed E-state index contributed by atoms with van der Waals surface area (Å²) in [7, 11) is 2.15. The molecule has 10 aromatic rings. The maximum atomic E-state index is 6.61. The van der Waals surface area contributed by atoms with Crippen LogP contribution in [0.1, 0.15) is 11.4 Å². The third-order valence-corrected chi connectivity index (χ3v) is 12.4. The van der Waals surface area contributed by atoms with Crippen LogP contribution in [0, 0.1) is 0 Å². The molecule has 5 heteroatoms. The topological polar surface area (TPSA) is 51.1 Å². The third kappa shape index (κ3) is 7.73. The minimum atomic E-state index is 0.516. The normalized spacial score (nSPS) is 13.7. The molecule has 0 radical (unpaired) electrons. The summed E-state index contributed by atoms with van der Waals surface area (Å²) in [4.78, 5) is 17.4. The lowest BCUT2D eigenvalue weighted by molar-refractivity contribution is 0.443. The standard InChI is InChI=1S/C61H44N4O/c1-41-20-19-29-47(61-63-59(44-25-11-5-12-26-44)62-60(64-61)45-27-13-6-14-28-45)38-46-34-35-48(39-57(46)66-41)65(2)56-40-55(43-23-9-4-10-24-43)52-32-17-18-33-53(52)58(56)54-37-36-49(42-21-7-3-8-22-42)50-30-15-16-31-51(50)54/h3-37,39-40H,1,38H2,2H3/b20-19-,47-29+. The van der Waals surface area contributed by atoms with Crippen molar-refractivity contribution >= 4 is 38.5 Å². The SMILES string of the molecule is C=C1/C=C\C=C(\c2nc(-c3ccccc3)nc(-c3ccccc3)n2)Cc2ccc(N(C)c3cc(-c4ccccc4)c4ccccc4c3-c3ccc(-c4ccccc4)c4ccccc34)cc2O1. The Morgan fingerprint density at radius 2 is 0.955 bits per heavy atom. The summed E-state index contributed by atoms with van der Waals surface area (Å²) < 4.78 is 6.61. The molecular weight excluding hydrogens is 805 g/mol. The first kappa shape index (κ1) is 40.1. The number of nitrogens with zero attached hydrogens (tertiary/aromatic N) is 4. The predicted octanol–water partition coefficient (Wildman–Crippen LogP) is 15.4. The molecule has 0 atom stereocenters. The van der Waals surface area contributed by atoms with Gasteiger partial charge in [0.15, 0.2) is 17.5 Å². The van der Waals surface area contributed by atoms with Crippen molar-refractivity contribution < 1.29 is 4.74 Å². The van der Waals surface area contributed by atoms with Crippen molar-refractivity contribution in [2.45, 2.75) is 6.42 Å². The first-order valence-corrected chi connectivity index (χ1v) is 22.2. The number of allylic oxidation sites excluding steroid dienone is 4. The van der Waals surface area contributed by atoms with Gasteiger partial charge in [0.25, 0.3) is 0 Å². The number of benzene rings is 9. The Labute approximate surface area is 385 Å². The Hall–Kier alpha value is -8.67. The molecule has 0 unspecified atom stereocenters. The fraction of sp³-hybridized carbons (Fsp3) is 0.0328. The molecule has 0 saturated heterocycles. The summed E-state index contributed by atoms with van der Waals surface area (Å²) in [5.41, 5.74) is 12.8. The van der Waals surface area contributed by atoms with Gasteiger partial charge in [-0.3, -0.25) is 0 Å². The molecule has 1 aliphatic heterocycles. The molecule has 0 bridgehead atoms. The van der Waals surface area contributed by atoms with Crippen molar-refractivity contribution in [1.29, 1.82) is 0 Å².